The highest BCUT2D eigenvalue weighted by Crippen LogP contribution is 2.61. The van der Waals surface area contributed by atoms with E-state index in [0.717, 1.165) is 37.3 Å². The van der Waals surface area contributed by atoms with Crippen molar-refractivity contribution in [2.24, 2.45) is 17.8 Å². The van der Waals surface area contributed by atoms with Crippen LogP contribution in [0.1, 0.15) is 56.2 Å². The highest BCUT2D eigenvalue weighted by Gasteiger charge is 2.54. The molecule has 4 rings (SSSR count). The molecule has 0 bridgehead atoms. The van der Waals surface area contributed by atoms with E-state index < -0.39 is 0 Å². The van der Waals surface area contributed by atoms with Crippen LogP contribution in [0.15, 0.2) is 18.2 Å². The van der Waals surface area contributed by atoms with Gasteiger partial charge in [0.05, 0.1) is 6.61 Å². The van der Waals surface area contributed by atoms with Gasteiger partial charge in [0.25, 0.3) is 0 Å². The van der Waals surface area contributed by atoms with Crippen molar-refractivity contribution in [3.05, 3.63) is 29.3 Å². The van der Waals surface area contributed by atoms with Gasteiger partial charge in [-0.05, 0) is 55.5 Å². The van der Waals surface area contributed by atoms with Crippen LogP contribution in [0.25, 0.3) is 0 Å². The molecule has 3 atom stereocenters. The second-order valence-corrected chi connectivity index (χ2v) is 7.01. The molecule has 2 nitrogen and oxygen atoms in total. The van der Waals surface area contributed by atoms with Gasteiger partial charge >= 0.3 is 0 Å². The van der Waals surface area contributed by atoms with Crippen molar-refractivity contribution >= 4 is 0 Å². The molecular weight excluding hydrogens is 258 g/mol. The van der Waals surface area contributed by atoms with Crippen molar-refractivity contribution in [1.82, 2.24) is 5.32 Å². The lowest BCUT2D eigenvalue weighted by Crippen LogP contribution is -2.25. The first-order chi connectivity index (χ1) is 10.4. The summed E-state index contributed by atoms with van der Waals surface area (Å²) in [7, 11) is 0. The van der Waals surface area contributed by atoms with Crippen molar-refractivity contribution < 1.29 is 4.74 Å². The number of hydrogen-bond acceptors (Lipinski definition) is 2. The fraction of sp³-hybridized carbons (Fsp3) is 0.684. The number of fused-ring (bicyclic) bond motifs is 2. The molecule has 3 aliphatic rings. The van der Waals surface area contributed by atoms with Crippen LogP contribution >= 0.6 is 0 Å². The highest BCUT2D eigenvalue weighted by molar-refractivity contribution is 5.45. The van der Waals surface area contributed by atoms with Crippen LogP contribution in [0, 0.1) is 17.8 Å². The molecule has 0 amide bonds. The molecule has 1 aromatic rings. The molecule has 1 N–H and O–H groups in total. The quantitative estimate of drug-likeness (QED) is 0.899. The van der Waals surface area contributed by atoms with E-state index in [4.69, 9.17) is 4.74 Å². The van der Waals surface area contributed by atoms with Crippen molar-refractivity contribution in [3.8, 4) is 5.75 Å². The first-order valence-electron chi connectivity index (χ1n) is 8.88. The predicted molar refractivity (Wildman–Crippen MR) is 85.6 cm³/mol. The monoisotopic (exact) mass is 285 g/mol. The summed E-state index contributed by atoms with van der Waals surface area (Å²) < 4.78 is 6.07. The zero-order chi connectivity index (χ0) is 14.2. The lowest BCUT2D eigenvalue weighted by atomic mass is 9.94. The molecule has 1 aromatic carbocycles. The maximum Gasteiger partial charge on any atom is 0.127 e. The topological polar surface area (TPSA) is 21.3 Å². The van der Waals surface area contributed by atoms with Gasteiger partial charge in [0.2, 0.25) is 0 Å². The number of benzene rings is 1. The molecule has 114 valence electrons. The smallest absolute Gasteiger partial charge is 0.127 e. The Morgan fingerprint density at radius 1 is 1.19 bits per heavy atom. The molecule has 3 unspecified atom stereocenters. The molecule has 0 radical (unpaired) electrons. The first kappa shape index (κ1) is 13.6. The van der Waals surface area contributed by atoms with E-state index >= 15 is 0 Å². The van der Waals surface area contributed by atoms with Crippen LogP contribution in [-0.2, 0) is 6.42 Å². The van der Waals surface area contributed by atoms with Gasteiger partial charge in [0, 0.05) is 11.6 Å². The average molecular weight is 285 g/mol. The van der Waals surface area contributed by atoms with Crippen LogP contribution in [-0.4, -0.2) is 13.2 Å². The molecule has 0 aromatic heterocycles. The third kappa shape index (κ3) is 2.38. The Morgan fingerprint density at radius 2 is 2.00 bits per heavy atom. The number of para-hydroxylation sites is 1. The minimum Gasteiger partial charge on any atom is -0.493 e. The van der Waals surface area contributed by atoms with Crippen LogP contribution in [0.3, 0.4) is 0 Å². The van der Waals surface area contributed by atoms with E-state index in [1.54, 1.807) is 0 Å². The van der Waals surface area contributed by atoms with E-state index in [9.17, 15) is 0 Å². The van der Waals surface area contributed by atoms with Crippen LogP contribution < -0.4 is 10.1 Å². The summed E-state index contributed by atoms with van der Waals surface area (Å²) in [6.07, 6.45) is 8.14. The molecule has 2 fully saturated rings. The summed E-state index contributed by atoms with van der Waals surface area (Å²) in [4.78, 5) is 0. The summed E-state index contributed by atoms with van der Waals surface area (Å²) in [6.45, 7) is 4.17. The predicted octanol–water partition coefficient (Wildman–Crippen LogP) is 4.10. The van der Waals surface area contributed by atoms with Gasteiger partial charge in [-0.3, -0.25) is 0 Å². The van der Waals surface area contributed by atoms with E-state index in [1.165, 1.54) is 49.0 Å². The van der Waals surface area contributed by atoms with Gasteiger partial charge in [0.1, 0.15) is 5.75 Å². The highest BCUT2D eigenvalue weighted by atomic mass is 16.5. The molecule has 2 saturated carbocycles. The summed E-state index contributed by atoms with van der Waals surface area (Å²) in [6, 6.07) is 7.30. The van der Waals surface area contributed by atoms with Gasteiger partial charge < -0.3 is 10.1 Å². The number of aryl methyl sites for hydroxylation is 1. The Hall–Kier alpha value is -1.02. The minimum atomic E-state index is 0.510. The SMILES string of the molecule is CCNC(c1cccc2c1OCCC2)C1C2CCCCC21. The molecule has 0 spiro atoms. The van der Waals surface area contributed by atoms with Crippen molar-refractivity contribution in [3.63, 3.8) is 0 Å². The second-order valence-electron chi connectivity index (χ2n) is 7.01. The normalized spacial score (nSPS) is 31.8. The molecule has 2 aliphatic carbocycles. The van der Waals surface area contributed by atoms with Gasteiger partial charge in [0.15, 0.2) is 0 Å². The van der Waals surface area contributed by atoms with Crippen molar-refractivity contribution in [2.75, 3.05) is 13.2 Å². The molecule has 1 heterocycles. The summed E-state index contributed by atoms with van der Waals surface area (Å²) >= 11 is 0. The van der Waals surface area contributed by atoms with Gasteiger partial charge in [-0.2, -0.15) is 0 Å². The third-order valence-corrected chi connectivity index (χ3v) is 5.83. The van der Waals surface area contributed by atoms with E-state index in [0.29, 0.717) is 6.04 Å². The molecule has 1 aliphatic heterocycles. The van der Waals surface area contributed by atoms with Gasteiger partial charge in [-0.25, -0.2) is 0 Å². The maximum absolute atomic E-state index is 6.07. The zero-order valence-corrected chi connectivity index (χ0v) is 13.1. The molecule has 21 heavy (non-hydrogen) atoms. The Bertz CT molecular complexity index is 500. The standard InChI is InChI=1S/C19H27NO/c1-2-20-18(17-14-9-3-4-10-15(14)17)16-11-5-7-13-8-6-12-21-19(13)16/h5,7,11,14-15,17-18,20H,2-4,6,8-10,12H2,1H3. The second kappa shape index (κ2) is 5.64. The number of hydrogen-bond donors (Lipinski definition) is 1. The van der Waals surface area contributed by atoms with E-state index in [1.807, 2.05) is 0 Å². The minimum absolute atomic E-state index is 0.510. The fourth-order valence-corrected chi connectivity index (χ4v) is 4.87. The molecular formula is C19H27NO. The zero-order valence-electron chi connectivity index (χ0n) is 13.1. The summed E-state index contributed by atoms with van der Waals surface area (Å²) in [5.74, 6) is 4.01. The van der Waals surface area contributed by atoms with E-state index in [-0.39, 0.29) is 0 Å². The lowest BCUT2D eigenvalue weighted by Gasteiger charge is -2.26. The molecule has 2 heteroatoms. The third-order valence-electron chi connectivity index (χ3n) is 5.83. The number of rotatable bonds is 4. The van der Waals surface area contributed by atoms with Crippen LogP contribution in [0.5, 0.6) is 5.75 Å². The largest absolute Gasteiger partial charge is 0.493 e. The molecule has 0 saturated heterocycles. The van der Waals surface area contributed by atoms with Crippen LogP contribution in [0.4, 0.5) is 0 Å². The van der Waals surface area contributed by atoms with Crippen LogP contribution in [0.2, 0.25) is 0 Å². The van der Waals surface area contributed by atoms with Crippen molar-refractivity contribution in [1.29, 1.82) is 0 Å². The fourth-order valence-electron chi connectivity index (χ4n) is 4.87. The van der Waals surface area contributed by atoms with Crippen molar-refractivity contribution in [2.45, 2.75) is 51.5 Å². The van der Waals surface area contributed by atoms with E-state index in [2.05, 4.69) is 30.4 Å². The Labute approximate surface area is 128 Å². The lowest BCUT2D eigenvalue weighted by molar-refractivity contribution is 0.279. The Kier molecular flexibility index (Phi) is 3.66. The number of nitrogens with one attached hydrogen (secondary N) is 1. The average Bonchev–Trinajstić information content (AvgIpc) is 3.26. The number of ether oxygens (including phenoxy) is 1. The van der Waals surface area contributed by atoms with Gasteiger partial charge in [-0.1, -0.05) is 38.0 Å². The summed E-state index contributed by atoms with van der Waals surface area (Å²) in [5.41, 5.74) is 2.86. The first-order valence-corrected chi connectivity index (χ1v) is 8.88. The summed E-state index contributed by atoms with van der Waals surface area (Å²) in [5, 5.41) is 3.79. The Balaban J connectivity index is 1.65. The maximum atomic E-state index is 6.07. The Morgan fingerprint density at radius 3 is 2.76 bits per heavy atom. The van der Waals surface area contributed by atoms with Gasteiger partial charge in [-0.15, -0.1) is 0 Å².